The van der Waals surface area contributed by atoms with Crippen LogP contribution in [0.2, 0.25) is 0 Å². The van der Waals surface area contributed by atoms with Crippen molar-refractivity contribution in [3.8, 4) is 0 Å². The number of hydrogen-bond donors (Lipinski definition) is 1. The average molecular weight is 263 g/mol. The highest BCUT2D eigenvalue weighted by atomic mass is 15.2. The Bertz CT molecular complexity index is 412. The zero-order valence-corrected chi connectivity index (χ0v) is 13.4. The maximum atomic E-state index is 4.82. The van der Waals surface area contributed by atoms with E-state index in [-0.39, 0.29) is 5.41 Å². The molecule has 3 nitrogen and oxygen atoms in total. The van der Waals surface area contributed by atoms with Crippen LogP contribution in [0.5, 0.6) is 0 Å². The number of piperidine rings is 1. The molecule has 2 rings (SSSR count). The third-order valence-corrected chi connectivity index (χ3v) is 4.20. The van der Waals surface area contributed by atoms with Crippen molar-refractivity contribution in [2.75, 3.05) is 13.1 Å². The third-order valence-electron chi connectivity index (χ3n) is 4.20. The maximum Gasteiger partial charge on any atom is 0.109 e. The standard InChI is InChI=1S/C16H29N3/c1-15(2,3)13-11-17-14(18-13)12-7-9-19(10-8-12)16(4,5)6/h11-12H,7-10H2,1-6H3,(H,17,18). The highest BCUT2D eigenvalue weighted by Gasteiger charge is 2.29. The largest absolute Gasteiger partial charge is 0.348 e. The summed E-state index contributed by atoms with van der Waals surface area (Å²) in [7, 11) is 0. The molecule has 0 saturated carbocycles. The van der Waals surface area contributed by atoms with Crippen molar-refractivity contribution >= 4 is 0 Å². The smallest absolute Gasteiger partial charge is 0.109 e. The monoisotopic (exact) mass is 263 g/mol. The van der Waals surface area contributed by atoms with Crippen molar-refractivity contribution < 1.29 is 0 Å². The van der Waals surface area contributed by atoms with E-state index in [1.807, 2.05) is 0 Å². The lowest BCUT2D eigenvalue weighted by atomic mass is 9.92. The van der Waals surface area contributed by atoms with Crippen LogP contribution in [0.1, 0.15) is 71.8 Å². The van der Waals surface area contributed by atoms with Crippen molar-refractivity contribution in [1.82, 2.24) is 14.9 Å². The Labute approximate surface area is 117 Å². The van der Waals surface area contributed by atoms with Crippen LogP contribution in [-0.4, -0.2) is 33.5 Å². The lowest BCUT2D eigenvalue weighted by Gasteiger charge is -2.40. The predicted octanol–water partition coefficient (Wildman–Crippen LogP) is 3.69. The molecule has 0 unspecified atom stereocenters. The fraction of sp³-hybridized carbons (Fsp3) is 0.812. The van der Waals surface area contributed by atoms with Crippen molar-refractivity contribution in [2.45, 2.75) is 71.3 Å². The number of aromatic nitrogens is 2. The number of nitrogens with one attached hydrogen (secondary N) is 1. The van der Waals surface area contributed by atoms with Gasteiger partial charge >= 0.3 is 0 Å². The van der Waals surface area contributed by atoms with Crippen molar-refractivity contribution in [2.24, 2.45) is 0 Å². The van der Waals surface area contributed by atoms with E-state index in [9.17, 15) is 0 Å². The number of likely N-dealkylation sites (tertiary alicyclic amines) is 1. The van der Waals surface area contributed by atoms with Crippen LogP contribution >= 0.6 is 0 Å². The maximum absolute atomic E-state index is 4.82. The van der Waals surface area contributed by atoms with Gasteiger partial charge in [0.2, 0.25) is 0 Å². The van der Waals surface area contributed by atoms with Crippen LogP contribution in [0.25, 0.3) is 0 Å². The average Bonchev–Trinajstić information content (AvgIpc) is 2.77. The van der Waals surface area contributed by atoms with Gasteiger partial charge in [0.25, 0.3) is 0 Å². The summed E-state index contributed by atoms with van der Waals surface area (Å²) >= 11 is 0. The van der Waals surface area contributed by atoms with Crippen LogP contribution < -0.4 is 0 Å². The molecular formula is C16H29N3. The van der Waals surface area contributed by atoms with E-state index in [2.05, 4.69) is 57.6 Å². The van der Waals surface area contributed by atoms with Crippen LogP contribution in [-0.2, 0) is 5.41 Å². The second kappa shape index (κ2) is 4.93. The summed E-state index contributed by atoms with van der Waals surface area (Å²) in [4.78, 5) is 10.8. The van der Waals surface area contributed by atoms with Crippen LogP contribution in [0, 0.1) is 0 Å². The Morgan fingerprint density at radius 1 is 1.11 bits per heavy atom. The van der Waals surface area contributed by atoms with Crippen molar-refractivity contribution in [3.63, 3.8) is 0 Å². The second-order valence-corrected chi connectivity index (χ2v) is 7.85. The normalized spacial score (nSPS) is 19.9. The van der Waals surface area contributed by atoms with E-state index < -0.39 is 0 Å². The predicted molar refractivity (Wildman–Crippen MR) is 80.6 cm³/mol. The number of aromatic amines is 1. The van der Waals surface area contributed by atoms with E-state index in [1.54, 1.807) is 0 Å². The molecule has 1 aliphatic rings. The van der Waals surface area contributed by atoms with Gasteiger partial charge < -0.3 is 4.98 Å². The van der Waals surface area contributed by atoms with Gasteiger partial charge in [-0.15, -0.1) is 0 Å². The highest BCUT2D eigenvalue weighted by molar-refractivity contribution is 5.14. The molecular weight excluding hydrogens is 234 g/mol. The molecule has 2 heterocycles. The van der Waals surface area contributed by atoms with E-state index in [1.165, 1.54) is 37.4 Å². The topological polar surface area (TPSA) is 31.9 Å². The minimum absolute atomic E-state index is 0.140. The molecule has 1 fully saturated rings. The summed E-state index contributed by atoms with van der Waals surface area (Å²) < 4.78 is 0. The first-order valence-corrected chi connectivity index (χ1v) is 7.49. The van der Waals surface area contributed by atoms with Gasteiger partial charge in [0.15, 0.2) is 0 Å². The SMILES string of the molecule is CC(C)(C)c1c[nH]c(C2CCN(C(C)(C)C)CC2)n1. The van der Waals surface area contributed by atoms with E-state index in [0.29, 0.717) is 11.5 Å². The minimum Gasteiger partial charge on any atom is -0.348 e. The van der Waals surface area contributed by atoms with Gasteiger partial charge in [-0.1, -0.05) is 20.8 Å². The Morgan fingerprint density at radius 2 is 1.68 bits per heavy atom. The Hall–Kier alpha value is -0.830. The molecule has 108 valence electrons. The lowest BCUT2D eigenvalue weighted by molar-refractivity contribution is 0.101. The van der Waals surface area contributed by atoms with Crippen molar-refractivity contribution in [1.29, 1.82) is 0 Å². The Balaban J connectivity index is 2.00. The summed E-state index contributed by atoms with van der Waals surface area (Å²) in [6, 6.07) is 0. The molecule has 1 aromatic heterocycles. The van der Waals surface area contributed by atoms with E-state index in [4.69, 9.17) is 4.98 Å². The number of imidazole rings is 1. The summed E-state index contributed by atoms with van der Waals surface area (Å²) in [5, 5.41) is 0. The molecule has 0 spiro atoms. The quantitative estimate of drug-likeness (QED) is 0.838. The Morgan fingerprint density at radius 3 is 2.11 bits per heavy atom. The zero-order valence-electron chi connectivity index (χ0n) is 13.4. The van der Waals surface area contributed by atoms with Gasteiger partial charge in [0.05, 0.1) is 5.69 Å². The van der Waals surface area contributed by atoms with E-state index in [0.717, 1.165) is 0 Å². The summed E-state index contributed by atoms with van der Waals surface area (Å²) in [5.41, 5.74) is 1.62. The minimum atomic E-state index is 0.140. The lowest BCUT2D eigenvalue weighted by Crippen LogP contribution is -2.45. The molecule has 0 bridgehead atoms. The van der Waals surface area contributed by atoms with Gasteiger partial charge in [-0.25, -0.2) is 4.98 Å². The van der Waals surface area contributed by atoms with Gasteiger partial charge in [0, 0.05) is 23.1 Å². The van der Waals surface area contributed by atoms with Gasteiger partial charge in [-0.05, 0) is 46.7 Å². The number of nitrogens with zero attached hydrogens (tertiary/aromatic N) is 2. The zero-order chi connectivity index (χ0) is 14.3. The molecule has 1 aliphatic heterocycles. The van der Waals surface area contributed by atoms with Crippen molar-refractivity contribution in [3.05, 3.63) is 17.7 Å². The number of rotatable bonds is 1. The number of hydrogen-bond acceptors (Lipinski definition) is 2. The van der Waals surface area contributed by atoms with Crippen LogP contribution in [0.15, 0.2) is 6.20 Å². The third kappa shape index (κ3) is 3.38. The second-order valence-electron chi connectivity index (χ2n) is 7.85. The van der Waals surface area contributed by atoms with Gasteiger partial charge in [-0.2, -0.15) is 0 Å². The van der Waals surface area contributed by atoms with Gasteiger partial charge in [0.1, 0.15) is 5.82 Å². The first kappa shape index (κ1) is 14.6. The molecule has 0 aliphatic carbocycles. The summed E-state index contributed by atoms with van der Waals surface area (Å²) in [6.07, 6.45) is 4.52. The first-order valence-electron chi connectivity index (χ1n) is 7.49. The molecule has 3 heteroatoms. The fourth-order valence-corrected chi connectivity index (χ4v) is 2.75. The molecule has 19 heavy (non-hydrogen) atoms. The molecule has 0 radical (unpaired) electrons. The summed E-state index contributed by atoms with van der Waals surface area (Å²) in [6.45, 7) is 15.9. The van der Waals surface area contributed by atoms with E-state index >= 15 is 0 Å². The fourth-order valence-electron chi connectivity index (χ4n) is 2.75. The Kier molecular flexibility index (Phi) is 3.78. The first-order chi connectivity index (χ1) is 8.68. The molecule has 0 amide bonds. The van der Waals surface area contributed by atoms with Crippen LogP contribution in [0.4, 0.5) is 0 Å². The summed E-state index contributed by atoms with van der Waals surface area (Å²) in [5.74, 6) is 1.80. The molecule has 1 saturated heterocycles. The highest BCUT2D eigenvalue weighted by Crippen LogP contribution is 2.30. The van der Waals surface area contributed by atoms with Crippen LogP contribution in [0.3, 0.4) is 0 Å². The molecule has 1 aromatic rings. The molecule has 1 N–H and O–H groups in total. The molecule has 0 atom stereocenters. The molecule has 0 aromatic carbocycles. The number of H-pyrrole nitrogens is 1. The van der Waals surface area contributed by atoms with Gasteiger partial charge in [-0.3, -0.25) is 4.90 Å².